The number of carbonyl (C=O) groups excluding carboxylic acids is 3. The molecule has 0 fully saturated rings. The number of benzene rings is 3. The lowest BCUT2D eigenvalue weighted by molar-refractivity contribution is -0.136. The van der Waals surface area contributed by atoms with E-state index in [2.05, 4.69) is 37.1 Å². The maximum atomic E-state index is 12.5. The molecule has 0 aliphatic heterocycles. The molecule has 0 atom stereocenters. The molecule has 0 spiro atoms. The molecule has 10 heteroatoms. The van der Waals surface area contributed by atoms with E-state index in [4.69, 9.17) is 9.47 Å². The number of para-hydroxylation sites is 1. The van der Waals surface area contributed by atoms with Crippen LogP contribution < -0.4 is 25.5 Å². The zero-order chi connectivity index (χ0) is 28.4. The number of amides is 3. The van der Waals surface area contributed by atoms with E-state index >= 15 is 0 Å². The first-order valence-electron chi connectivity index (χ1n) is 12.4. The number of rotatable bonds is 10. The minimum Gasteiger partial charge on any atom is -0.490 e. The molecular formula is C29H31BrN4O5. The monoisotopic (exact) mass is 594 g/mol. The SMILES string of the molecule is CCOc1cc(/C=N\NC(=O)C(=O)Nc2ccccc2CC)cc(Br)c1OCC(=O)Nc1cc(C)cc(C)c1. The van der Waals surface area contributed by atoms with E-state index in [-0.39, 0.29) is 12.5 Å². The van der Waals surface area contributed by atoms with Gasteiger partial charge in [0.2, 0.25) is 0 Å². The van der Waals surface area contributed by atoms with E-state index < -0.39 is 11.8 Å². The van der Waals surface area contributed by atoms with Crippen molar-refractivity contribution in [3.63, 3.8) is 0 Å². The third-order valence-electron chi connectivity index (χ3n) is 5.42. The fourth-order valence-electron chi connectivity index (χ4n) is 3.79. The second-order valence-corrected chi connectivity index (χ2v) is 9.49. The molecule has 204 valence electrons. The highest BCUT2D eigenvalue weighted by Crippen LogP contribution is 2.36. The Morgan fingerprint density at radius 1 is 0.923 bits per heavy atom. The fourth-order valence-corrected chi connectivity index (χ4v) is 4.37. The molecule has 3 N–H and O–H groups in total. The fraction of sp³-hybridized carbons (Fsp3) is 0.241. The van der Waals surface area contributed by atoms with E-state index in [0.29, 0.717) is 45.9 Å². The molecule has 0 aliphatic carbocycles. The highest BCUT2D eigenvalue weighted by molar-refractivity contribution is 9.10. The molecule has 0 unspecified atom stereocenters. The van der Waals surface area contributed by atoms with Gasteiger partial charge in [0.1, 0.15) is 0 Å². The van der Waals surface area contributed by atoms with Crippen LogP contribution in [-0.2, 0) is 20.8 Å². The Morgan fingerprint density at radius 3 is 2.33 bits per heavy atom. The molecule has 3 aromatic rings. The molecule has 0 aromatic heterocycles. The van der Waals surface area contributed by atoms with Crippen LogP contribution in [-0.4, -0.2) is 37.1 Å². The zero-order valence-corrected chi connectivity index (χ0v) is 23.8. The van der Waals surface area contributed by atoms with Crippen LogP contribution in [0.5, 0.6) is 11.5 Å². The molecule has 3 aromatic carbocycles. The normalized spacial score (nSPS) is 10.7. The van der Waals surface area contributed by atoms with Gasteiger partial charge in [-0.25, -0.2) is 5.43 Å². The number of ether oxygens (including phenoxy) is 2. The Bertz CT molecular complexity index is 1370. The number of aryl methyl sites for hydroxylation is 3. The third-order valence-corrected chi connectivity index (χ3v) is 6.01. The van der Waals surface area contributed by atoms with Crippen LogP contribution >= 0.6 is 15.9 Å². The van der Waals surface area contributed by atoms with Crippen LogP contribution in [0.25, 0.3) is 0 Å². The first-order chi connectivity index (χ1) is 18.7. The molecule has 3 rings (SSSR count). The summed E-state index contributed by atoms with van der Waals surface area (Å²) in [7, 11) is 0. The number of nitrogens with zero attached hydrogens (tertiary/aromatic N) is 1. The lowest BCUT2D eigenvalue weighted by Crippen LogP contribution is -2.32. The second kappa shape index (κ2) is 14.1. The van der Waals surface area contributed by atoms with Crippen LogP contribution in [0.15, 0.2) is 64.2 Å². The smallest absolute Gasteiger partial charge is 0.329 e. The van der Waals surface area contributed by atoms with Gasteiger partial charge in [-0.3, -0.25) is 14.4 Å². The van der Waals surface area contributed by atoms with E-state index in [1.165, 1.54) is 6.21 Å². The Kier molecular flexibility index (Phi) is 10.6. The summed E-state index contributed by atoms with van der Waals surface area (Å²) in [6.45, 7) is 7.83. The van der Waals surface area contributed by atoms with Gasteiger partial charge in [0.05, 0.1) is 17.3 Å². The number of hydrazone groups is 1. The lowest BCUT2D eigenvalue weighted by Gasteiger charge is -2.15. The summed E-state index contributed by atoms with van der Waals surface area (Å²) in [6.07, 6.45) is 2.08. The van der Waals surface area contributed by atoms with E-state index in [1.807, 2.05) is 58.0 Å². The van der Waals surface area contributed by atoms with Crippen molar-refractivity contribution in [3.05, 3.63) is 81.3 Å². The Morgan fingerprint density at radius 2 is 1.64 bits per heavy atom. The Balaban J connectivity index is 1.63. The van der Waals surface area contributed by atoms with Crippen LogP contribution in [0.4, 0.5) is 11.4 Å². The first-order valence-corrected chi connectivity index (χ1v) is 13.2. The molecule has 0 heterocycles. The average Bonchev–Trinajstić information content (AvgIpc) is 2.88. The van der Waals surface area contributed by atoms with Crippen molar-refractivity contribution < 1.29 is 23.9 Å². The summed E-state index contributed by atoms with van der Waals surface area (Å²) in [5.74, 6) is -1.32. The van der Waals surface area contributed by atoms with Gasteiger partial charge in [0.25, 0.3) is 5.91 Å². The van der Waals surface area contributed by atoms with Crippen molar-refractivity contribution in [2.75, 3.05) is 23.8 Å². The van der Waals surface area contributed by atoms with Gasteiger partial charge in [-0.05, 0) is 95.7 Å². The molecule has 0 saturated heterocycles. The van der Waals surface area contributed by atoms with Crippen LogP contribution in [0.2, 0.25) is 0 Å². The standard InChI is InChI=1S/C29H31BrN4O5/c1-5-21-9-7-8-10-24(21)33-28(36)29(37)34-31-16-20-14-23(30)27(25(15-20)38-6-2)39-17-26(35)32-22-12-18(3)11-19(4)13-22/h7-16H,5-6,17H2,1-4H3,(H,32,35)(H,33,36)(H,34,37)/b31-16-. The average molecular weight is 595 g/mol. The van der Waals surface area contributed by atoms with Crippen LogP contribution in [0.1, 0.15) is 36.1 Å². The van der Waals surface area contributed by atoms with E-state index in [9.17, 15) is 14.4 Å². The largest absolute Gasteiger partial charge is 0.490 e. The van der Waals surface area contributed by atoms with Gasteiger partial charge in [-0.15, -0.1) is 0 Å². The predicted molar refractivity (Wildman–Crippen MR) is 156 cm³/mol. The maximum absolute atomic E-state index is 12.5. The maximum Gasteiger partial charge on any atom is 0.329 e. The number of halogens is 1. The van der Waals surface area contributed by atoms with Crippen molar-refractivity contribution >= 4 is 51.2 Å². The van der Waals surface area contributed by atoms with Crippen LogP contribution in [0, 0.1) is 13.8 Å². The summed E-state index contributed by atoms with van der Waals surface area (Å²) >= 11 is 3.45. The zero-order valence-electron chi connectivity index (χ0n) is 22.3. The number of carbonyl (C=O) groups is 3. The number of hydrogen-bond donors (Lipinski definition) is 3. The van der Waals surface area contributed by atoms with Crippen molar-refractivity contribution in [2.45, 2.75) is 34.1 Å². The molecule has 39 heavy (non-hydrogen) atoms. The number of anilines is 2. The highest BCUT2D eigenvalue weighted by Gasteiger charge is 2.16. The first kappa shape index (κ1) is 29.4. The van der Waals surface area contributed by atoms with Crippen LogP contribution in [0.3, 0.4) is 0 Å². The summed E-state index contributed by atoms with van der Waals surface area (Å²) in [5.41, 5.74) is 7.07. The van der Waals surface area contributed by atoms with Gasteiger partial charge < -0.3 is 20.1 Å². The van der Waals surface area contributed by atoms with Gasteiger partial charge in [0, 0.05) is 11.4 Å². The molecule has 3 amide bonds. The molecule has 0 saturated carbocycles. The molecular weight excluding hydrogens is 564 g/mol. The topological polar surface area (TPSA) is 118 Å². The van der Waals surface area contributed by atoms with Gasteiger partial charge in [0.15, 0.2) is 18.1 Å². The lowest BCUT2D eigenvalue weighted by atomic mass is 10.1. The quantitative estimate of drug-likeness (QED) is 0.171. The molecule has 9 nitrogen and oxygen atoms in total. The van der Waals surface area contributed by atoms with Gasteiger partial charge in [-0.2, -0.15) is 5.10 Å². The number of hydrogen-bond acceptors (Lipinski definition) is 6. The number of nitrogens with one attached hydrogen (secondary N) is 3. The molecule has 0 radical (unpaired) electrons. The van der Waals surface area contributed by atoms with Crippen molar-refractivity contribution in [1.82, 2.24) is 5.43 Å². The van der Waals surface area contributed by atoms with Gasteiger partial charge in [-0.1, -0.05) is 31.2 Å². The summed E-state index contributed by atoms with van der Waals surface area (Å²) < 4.78 is 12.0. The van der Waals surface area contributed by atoms with E-state index in [0.717, 1.165) is 16.7 Å². The summed E-state index contributed by atoms with van der Waals surface area (Å²) in [6, 6.07) is 16.4. The minimum atomic E-state index is -0.906. The minimum absolute atomic E-state index is 0.231. The highest BCUT2D eigenvalue weighted by atomic mass is 79.9. The van der Waals surface area contributed by atoms with Crippen molar-refractivity contribution in [3.8, 4) is 11.5 Å². The van der Waals surface area contributed by atoms with E-state index in [1.54, 1.807) is 24.3 Å². The Hall–Kier alpha value is -4.18. The van der Waals surface area contributed by atoms with Crippen molar-refractivity contribution in [1.29, 1.82) is 0 Å². The third kappa shape index (κ3) is 8.68. The van der Waals surface area contributed by atoms with Crippen molar-refractivity contribution in [2.24, 2.45) is 5.10 Å². The summed E-state index contributed by atoms with van der Waals surface area (Å²) in [4.78, 5) is 37.0. The predicted octanol–water partition coefficient (Wildman–Crippen LogP) is 5.13. The van der Waals surface area contributed by atoms with Gasteiger partial charge >= 0.3 is 11.8 Å². The Labute approximate surface area is 236 Å². The molecule has 0 aliphatic rings. The summed E-state index contributed by atoms with van der Waals surface area (Å²) in [5, 5.41) is 9.31. The second-order valence-electron chi connectivity index (χ2n) is 8.64. The molecule has 0 bridgehead atoms.